The molecule has 1 aromatic carbocycles. The molecule has 170 valence electrons. The average molecular weight is 445 g/mol. The van der Waals surface area contributed by atoms with E-state index in [2.05, 4.69) is 42.1 Å². The molecule has 0 radical (unpaired) electrons. The Balaban J connectivity index is 1.85. The number of nitrogen functional groups attached to an aromatic ring is 1. The monoisotopic (exact) mass is 444 g/mol. The highest BCUT2D eigenvalue weighted by Crippen LogP contribution is 2.40. The van der Waals surface area contributed by atoms with E-state index in [1.165, 1.54) is 0 Å². The molecule has 0 fully saturated rings. The summed E-state index contributed by atoms with van der Waals surface area (Å²) in [4.78, 5) is 4.44. The standard InChI is InChI=1S/C25H28N6O2/c1-6-31-23-16(13-28-31)10-20-22(29-30(4)25(20)32-5)18-8-7-14(2)9-19(18)15(3)33-21-11-17(23)12-27-24(21)26/h7-9,11-13,15H,6,10H2,1-5H3,(H2,26,27). The number of anilines is 1. The van der Waals surface area contributed by atoms with Gasteiger partial charge in [-0.1, -0.05) is 23.8 Å². The van der Waals surface area contributed by atoms with Crippen molar-refractivity contribution in [1.29, 1.82) is 0 Å². The first-order chi connectivity index (χ1) is 15.9. The highest BCUT2D eigenvalue weighted by Gasteiger charge is 2.27. The summed E-state index contributed by atoms with van der Waals surface area (Å²) in [5.74, 6) is 1.65. The van der Waals surface area contributed by atoms with E-state index < -0.39 is 0 Å². The largest absolute Gasteiger partial charge is 0.482 e. The van der Waals surface area contributed by atoms with Gasteiger partial charge in [0.1, 0.15) is 11.8 Å². The molecule has 0 aliphatic carbocycles. The van der Waals surface area contributed by atoms with E-state index in [9.17, 15) is 0 Å². The molecule has 1 aliphatic heterocycles. The highest BCUT2D eigenvalue weighted by molar-refractivity contribution is 5.73. The zero-order chi connectivity index (χ0) is 23.3. The smallest absolute Gasteiger partial charge is 0.215 e. The van der Waals surface area contributed by atoms with E-state index in [0.29, 0.717) is 18.0 Å². The fourth-order valence-electron chi connectivity index (χ4n) is 4.67. The van der Waals surface area contributed by atoms with Gasteiger partial charge in [0.2, 0.25) is 5.88 Å². The third kappa shape index (κ3) is 3.42. The van der Waals surface area contributed by atoms with Gasteiger partial charge in [0.25, 0.3) is 0 Å². The van der Waals surface area contributed by atoms with Crippen LogP contribution in [0.3, 0.4) is 0 Å². The van der Waals surface area contributed by atoms with Crippen LogP contribution < -0.4 is 15.2 Å². The van der Waals surface area contributed by atoms with E-state index >= 15 is 0 Å². The van der Waals surface area contributed by atoms with E-state index in [4.69, 9.17) is 20.3 Å². The van der Waals surface area contributed by atoms with Gasteiger partial charge < -0.3 is 15.2 Å². The predicted octanol–water partition coefficient (Wildman–Crippen LogP) is 4.31. The van der Waals surface area contributed by atoms with Crippen molar-refractivity contribution < 1.29 is 9.47 Å². The van der Waals surface area contributed by atoms with Crippen LogP contribution in [0.4, 0.5) is 5.82 Å². The maximum absolute atomic E-state index is 6.40. The third-order valence-corrected chi connectivity index (χ3v) is 6.22. The number of aryl methyl sites for hydroxylation is 3. The van der Waals surface area contributed by atoms with Crippen LogP contribution in [0.2, 0.25) is 0 Å². The normalized spacial score (nSPS) is 14.9. The van der Waals surface area contributed by atoms with Crippen molar-refractivity contribution in [3.05, 3.63) is 58.9 Å². The van der Waals surface area contributed by atoms with E-state index in [1.54, 1.807) is 18.0 Å². The minimum Gasteiger partial charge on any atom is -0.482 e. The molecule has 2 bridgehead atoms. The first kappa shape index (κ1) is 21.1. The molecule has 8 nitrogen and oxygen atoms in total. The van der Waals surface area contributed by atoms with Gasteiger partial charge in [-0.3, -0.25) is 4.68 Å². The van der Waals surface area contributed by atoms with Gasteiger partial charge in [-0.2, -0.15) is 10.2 Å². The van der Waals surface area contributed by atoms with Crippen LogP contribution in [-0.4, -0.2) is 31.7 Å². The summed E-state index contributed by atoms with van der Waals surface area (Å²) in [5.41, 5.74) is 14.3. The molecule has 0 saturated carbocycles. The fraction of sp³-hybridized carbons (Fsp3) is 0.320. The number of nitrogens with zero attached hydrogens (tertiary/aromatic N) is 5. The summed E-state index contributed by atoms with van der Waals surface area (Å²) in [5, 5.41) is 9.51. The maximum Gasteiger partial charge on any atom is 0.215 e. The Labute approximate surface area is 193 Å². The minimum atomic E-state index is -0.268. The van der Waals surface area contributed by atoms with Crippen molar-refractivity contribution in [2.24, 2.45) is 7.05 Å². The number of aromatic nitrogens is 5. The van der Waals surface area contributed by atoms with Crippen molar-refractivity contribution in [3.8, 4) is 34.1 Å². The van der Waals surface area contributed by atoms with E-state index in [-0.39, 0.29) is 6.10 Å². The number of hydrogen-bond acceptors (Lipinski definition) is 6. The number of benzene rings is 1. The van der Waals surface area contributed by atoms with Crippen molar-refractivity contribution in [2.45, 2.75) is 39.8 Å². The lowest BCUT2D eigenvalue weighted by Crippen LogP contribution is -2.10. The molecule has 5 rings (SSSR count). The molecule has 4 heterocycles. The lowest BCUT2D eigenvalue weighted by Gasteiger charge is -2.21. The summed E-state index contributed by atoms with van der Waals surface area (Å²) in [6, 6.07) is 8.31. The molecule has 1 atom stereocenters. The number of methoxy groups -OCH3 is 1. The van der Waals surface area contributed by atoms with Gasteiger partial charge in [-0.15, -0.1) is 0 Å². The molecule has 0 amide bonds. The Bertz CT molecular complexity index is 1350. The molecule has 2 N–H and O–H groups in total. The molecule has 4 aromatic rings. The maximum atomic E-state index is 6.40. The number of fused-ring (bicyclic) bond motifs is 7. The molecule has 0 spiro atoms. The highest BCUT2D eigenvalue weighted by atomic mass is 16.5. The lowest BCUT2D eigenvalue weighted by atomic mass is 9.93. The molecule has 0 saturated heterocycles. The number of hydrogen-bond donors (Lipinski definition) is 1. The summed E-state index contributed by atoms with van der Waals surface area (Å²) in [7, 11) is 3.59. The minimum absolute atomic E-state index is 0.268. The van der Waals surface area contributed by atoms with Crippen molar-refractivity contribution in [2.75, 3.05) is 12.8 Å². The van der Waals surface area contributed by atoms with Crippen molar-refractivity contribution in [3.63, 3.8) is 0 Å². The molecule has 3 aromatic heterocycles. The van der Waals surface area contributed by atoms with Crippen LogP contribution >= 0.6 is 0 Å². The van der Waals surface area contributed by atoms with Crippen molar-refractivity contribution in [1.82, 2.24) is 24.5 Å². The van der Waals surface area contributed by atoms with Gasteiger partial charge in [-0.25, -0.2) is 9.67 Å². The SMILES string of the molecule is CCn1ncc2c1-c1cnc(N)c(c1)OC(C)c1cc(C)ccc1-c1nn(C)c(OC)c1C2. The van der Waals surface area contributed by atoms with Crippen LogP contribution in [0, 0.1) is 6.92 Å². The van der Waals surface area contributed by atoms with Crippen LogP contribution in [0.15, 0.2) is 36.7 Å². The van der Waals surface area contributed by atoms with E-state index in [1.807, 2.05) is 30.9 Å². The molecular formula is C25H28N6O2. The number of rotatable bonds is 2. The first-order valence-electron chi connectivity index (χ1n) is 11.1. The number of nitrogens with two attached hydrogens (primary N) is 1. The molecule has 8 heteroatoms. The quantitative estimate of drug-likeness (QED) is 0.495. The second kappa shape index (κ2) is 7.95. The van der Waals surface area contributed by atoms with E-state index in [0.717, 1.165) is 57.2 Å². The van der Waals surface area contributed by atoms with Gasteiger partial charge in [0, 0.05) is 54.0 Å². The molecular weight excluding hydrogens is 416 g/mol. The van der Waals surface area contributed by atoms with Gasteiger partial charge in [-0.05, 0) is 26.8 Å². The summed E-state index contributed by atoms with van der Waals surface area (Å²) >= 11 is 0. The third-order valence-electron chi connectivity index (χ3n) is 6.22. The Morgan fingerprint density at radius 3 is 2.82 bits per heavy atom. The second-order valence-corrected chi connectivity index (χ2v) is 8.43. The van der Waals surface area contributed by atoms with Crippen LogP contribution in [0.25, 0.3) is 22.5 Å². The topological polar surface area (TPSA) is 93.0 Å². The Hall–Kier alpha value is -3.81. The fourth-order valence-corrected chi connectivity index (χ4v) is 4.67. The Kier molecular flexibility index (Phi) is 5.08. The number of pyridine rings is 1. The summed E-state index contributed by atoms with van der Waals surface area (Å²) in [6.45, 7) is 6.90. The Morgan fingerprint density at radius 1 is 1.24 bits per heavy atom. The zero-order valence-electron chi connectivity index (χ0n) is 19.6. The molecule has 1 aliphatic rings. The van der Waals surface area contributed by atoms with Crippen LogP contribution in [0.1, 0.15) is 42.2 Å². The Morgan fingerprint density at radius 2 is 2.06 bits per heavy atom. The van der Waals surface area contributed by atoms with Crippen molar-refractivity contribution >= 4 is 5.82 Å². The predicted molar refractivity (Wildman–Crippen MR) is 127 cm³/mol. The van der Waals surface area contributed by atoms with Gasteiger partial charge in [0.15, 0.2) is 11.6 Å². The van der Waals surface area contributed by atoms with Gasteiger partial charge >= 0.3 is 0 Å². The molecule has 33 heavy (non-hydrogen) atoms. The van der Waals surface area contributed by atoms with Gasteiger partial charge in [0.05, 0.1) is 19.0 Å². The lowest BCUT2D eigenvalue weighted by molar-refractivity contribution is 0.228. The summed E-state index contributed by atoms with van der Waals surface area (Å²) in [6.07, 6.45) is 4.04. The number of ether oxygens (including phenoxy) is 2. The average Bonchev–Trinajstić information content (AvgIpc) is 3.34. The molecule has 1 unspecified atom stereocenters. The zero-order valence-corrected chi connectivity index (χ0v) is 19.6. The summed E-state index contributed by atoms with van der Waals surface area (Å²) < 4.78 is 16.0. The first-order valence-corrected chi connectivity index (χ1v) is 11.1. The van der Waals surface area contributed by atoms with Crippen LogP contribution in [-0.2, 0) is 20.0 Å². The van der Waals surface area contributed by atoms with Crippen LogP contribution in [0.5, 0.6) is 11.6 Å². The second-order valence-electron chi connectivity index (χ2n) is 8.43.